The molecule has 0 spiro atoms. The number of hydrogen-bond donors (Lipinski definition) is 1. The lowest BCUT2D eigenvalue weighted by atomic mass is 9.99. The van der Waals surface area contributed by atoms with Crippen molar-refractivity contribution < 1.29 is 23.4 Å². The Kier molecular flexibility index (Phi) is 6.40. The molecule has 0 fully saturated rings. The highest BCUT2D eigenvalue weighted by Crippen LogP contribution is 2.34. The maximum absolute atomic E-state index is 14.3. The molecule has 0 saturated carbocycles. The largest absolute Gasteiger partial charge is 0.491 e. The third-order valence-electron chi connectivity index (χ3n) is 4.81. The van der Waals surface area contributed by atoms with Crippen LogP contribution in [0, 0.1) is 18.6 Å². The van der Waals surface area contributed by atoms with Gasteiger partial charge in [0.1, 0.15) is 0 Å². The topological polar surface area (TPSA) is 72.3 Å². The summed E-state index contributed by atoms with van der Waals surface area (Å²) in [7, 11) is 1.20. The van der Waals surface area contributed by atoms with E-state index in [4.69, 9.17) is 4.74 Å². The number of methoxy groups -OCH3 is 1. The average Bonchev–Trinajstić information content (AvgIpc) is 2.71. The molecule has 0 atom stereocenters. The number of benzene rings is 2. The molecule has 30 heavy (non-hydrogen) atoms. The van der Waals surface area contributed by atoms with E-state index < -0.39 is 23.4 Å². The van der Waals surface area contributed by atoms with Crippen LogP contribution < -0.4 is 4.74 Å². The molecular weight excluding hydrogens is 390 g/mol. The zero-order chi connectivity index (χ0) is 21.8. The van der Waals surface area contributed by atoms with Crippen molar-refractivity contribution in [1.82, 2.24) is 9.97 Å². The van der Waals surface area contributed by atoms with E-state index in [1.807, 2.05) is 0 Å². The first-order valence-corrected chi connectivity index (χ1v) is 9.59. The van der Waals surface area contributed by atoms with Gasteiger partial charge in [-0.25, -0.2) is 18.6 Å². The Hall–Kier alpha value is -3.35. The fourth-order valence-electron chi connectivity index (χ4n) is 3.26. The molecule has 156 valence electrons. The van der Waals surface area contributed by atoms with Gasteiger partial charge in [0, 0.05) is 17.3 Å². The molecule has 1 aromatic heterocycles. The van der Waals surface area contributed by atoms with Gasteiger partial charge in [-0.1, -0.05) is 19.4 Å². The second kappa shape index (κ2) is 8.98. The molecule has 0 amide bonds. The summed E-state index contributed by atoms with van der Waals surface area (Å²) in [5.41, 5.74) is 3.07. The fraction of sp³-hybridized carbons (Fsp3) is 0.261. The fourth-order valence-corrected chi connectivity index (χ4v) is 3.26. The number of carbonyl (C=O) groups is 1. The third kappa shape index (κ3) is 4.30. The van der Waals surface area contributed by atoms with Gasteiger partial charge in [0.05, 0.1) is 29.8 Å². The van der Waals surface area contributed by atoms with E-state index in [2.05, 4.69) is 16.9 Å². The van der Waals surface area contributed by atoms with Crippen molar-refractivity contribution >= 4 is 5.97 Å². The van der Waals surface area contributed by atoms with Gasteiger partial charge in [-0.15, -0.1) is 0 Å². The second-order valence-corrected chi connectivity index (χ2v) is 6.97. The quantitative estimate of drug-likeness (QED) is 0.559. The van der Waals surface area contributed by atoms with Crippen molar-refractivity contribution in [2.45, 2.75) is 33.1 Å². The van der Waals surface area contributed by atoms with Gasteiger partial charge in [0.25, 0.3) is 0 Å². The number of carboxylic acids is 1. The summed E-state index contributed by atoms with van der Waals surface area (Å²) in [6.07, 6.45) is 4.23. The summed E-state index contributed by atoms with van der Waals surface area (Å²) < 4.78 is 33.4. The van der Waals surface area contributed by atoms with Crippen molar-refractivity contribution in [1.29, 1.82) is 0 Å². The van der Waals surface area contributed by atoms with Gasteiger partial charge >= 0.3 is 5.97 Å². The first-order chi connectivity index (χ1) is 14.3. The lowest BCUT2D eigenvalue weighted by Gasteiger charge is -2.13. The molecule has 7 heteroatoms. The van der Waals surface area contributed by atoms with E-state index in [0.717, 1.165) is 30.7 Å². The van der Waals surface area contributed by atoms with Crippen molar-refractivity contribution in [3.8, 4) is 28.3 Å². The van der Waals surface area contributed by atoms with Gasteiger partial charge in [-0.2, -0.15) is 0 Å². The van der Waals surface area contributed by atoms with Gasteiger partial charge in [0.15, 0.2) is 17.4 Å². The van der Waals surface area contributed by atoms with Gasteiger partial charge < -0.3 is 9.84 Å². The molecular formula is C23H22F2N2O3. The maximum Gasteiger partial charge on any atom is 0.335 e. The van der Waals surface area contributed by atoms with E-state index in [-0.39, 0.29) is 11.1 Å². The van der Waals surface area contributed by atoms with Gasteiger partial charge in [-0.05, 0) is 49.6 Å². The minimum absolute atomic E-state index is 0.178. The molecule has 0 aliphatic rings. The standard InChI is InChI=1S/C23H22F2N2O3/c1-4-5-6-16-12-26-20(15-10-18(24)22(30-3)19(25)11-15)21(27-16)14-7-8-17(23(28)29)13(2)9-14/h7-12H,4-6H2,1-3H3,(H,28,29). The molecule has 0 radical (unpaired) electrons. The molecule has 1 N–H and O–H groups in total. The van der Waals surface area contributed by atoms with Crippen LogP contribution in [0.2, 0.25) is 0 Å². The van der Waals surface area contributed by atoms with Gasteiger partial charge in [-0.3, -0.25) is 4.98 Å². The van der Waals surface area contributed by atoms with Crippen LogP contribution in [-0.2, 0) is 6.42 Å². The predicted molar refractivity (Wildman–Crippen MR) is 110 cm³/mol. The number of ether oxygens (including phenoxy) is 1. The lowest BCUT2D eigenvalue weighted by Crippen LogP contribution is -2.03. The van der Waals surface area contributed by atoms with Crippen LogP contribution in [0.4, 0.5) is 8.78 Å². The van der Waals surface area contributed by atoms with Gasteiger partial charge in [0.2, 0.25) is 0 Å². The number of unbranched alkanes of at least 4 members (excludes halogenated alkanes) is 1. The maximum atomic E-state index is 14.3. The molecule has 0 aliphatic heterocycles. The Morgan fingerprint density at radius 3 is 2.37 bits per heavy atom. The Morgan fingerprint density at radius 1 is 1.10 bits per heavy atom. The molecule has 0 unspecified atom stereocenters. The molecule has 2 aromatic carbocycles. The number of aromatic carboxylic acids is 1. The zero-order valence-corrected chi connectivity index (χ0v) is 17.0. The molecule has 3 aromatic rings. The Balaban J connectivity index is 2.19. The Labute approximate surface area is 173 Å². The number of aromatic nitrogens is 2. The second-order valence-electron chi connectivity index (χ2n) is 6.97. The van der Waals surface area contributed by atoms with Crippen molar-refractivity contribution in [3.63, 3.8) is 0 Å². The van der Waals surface area contributed by atoms with Crippen molar-refractivity contribution in [2.24, 2.45) is 0 Å². The van der Waals surface area contributed by atoms with Crippen LogP contribution in [0.3, 0.4) is 0 Å². The summed E-state index contributed by atoms with van der Waals surface area (Å²) in [5, 5.41) is 9.29. The van der Waals surface area contributed by atoms with E-state index in [0.29, 0.717) is 28.9 Å². The number of halogens is 2. The summed E-state index contributed by atoms with van der Waals surface area (Å²) in [4.78, 5) is 20.5. The smallest absolute Gasteiger partial charge is 0.335 e. The molecule has 0 bridgehead atoms. The summed E-state index contributed by atoms with van der Waals surface area (Å²) in [5.74, 6) is -3.17. The number of rotatable bonds is 7. The number of nitrogens with zero attached hydrogens (tertiary/aromatic N) is 2. The highest BCUT2D eigenvalue weighted by atomic mass is 19.1. The van der Waals surface area contributed by atoms with E-state index in [1.165, 1.54) is 13.2 Å². The van der Waals surface area contributed by atoms with Crippen LogP contribution >= 0.6 is 0 Å². The first-order valence-electron chi connectivity index (χ1n) is 9.59. The molecule has 1 heterocycles. The summed E-state index contributed by atoms with van der Waals surface area (Å²) in [6, 6.07) is 7.12. The number of aryl methyl sites for hydroxylation is 2. The minimum Gasteiger partial charge on any atom is -0.491 e. The molecule has 3 rings (SSSR count). The van der Waals surface area contributed by atoms with Crippen LogP contribution in [-0.4, -0.2) is 28.2 Å². The van der Waals surface area contributed by atoms with Crippen LogP contribution in [0.1, 0.15) is 41.4 Å². The number of hydrogen-bond acceptors (Lipinski definition) is 4. The first kappa shape index (κ1) is 21.4. The predicted octanol–water partition coefficient (Wildman–Crippen LogP) is 5.45. The van der Waals surface area contributed by atoms with E-state index in [9.17, 15) is 18.7 Å². The van der Waals surface area contributed by atoms with Crippen LogP contribution in [0.15, 0.2) is 36.5 Å². The SMILES string of the molecule is CCCCc1cnc(-c2cc(F)c(OC)c(F)c2)c(-c2ccc(C(=O)O)c(C)c2)n1. The van der Waals surface area contributed by atoms with Crippen molar-refractivity contribution in [2.75, 3.05) is 7.11 Å². The van der Waals surface area contributed by atoms with Crippen LogP contribution in [0.5, 0.6) is 5.75 Å². The lowest BCUT2D eigenvalue weighted by molar-refractivity contribution is 0.0696. The van der Waals surface area contributed by atoms with E-state index >= 15 is 0 Å². The normalized spacial score (nSPS) is 10.8. The summed E-state index contributed by atoms with van der Waals surface area (Å²) in [6.45, 7) is 3.76. The minimum atomic E-state index is -1.03. The highest BCUT2D eigenvalue weighted by molar-refractivity contribution is 5.90. The Bertz CT molecular complexity index is 1080. The summed E-state index contributed by atoms with van der Waals surface area (Å²) >= 11 is 0. The molecule has 0 aliphatic carbocycles. The Morgan fingerprint density at radius 2 is 1.80 bits per heavy atom. The van der Waals surface area contributed by atoms with E-state index in [1.54, 1.807) is 25.3 Å². The number of carboxylic acid groups (broad SMARTS) is 1. The molecule has 5 nitrogen and oxygen atoms in total. The average molecular weight is 412 g/mol. The monoisotopic (exact) mass is 412 g/mol. The zero-order valence-electron chi connectivity index (χ0n) is 17.0. The third-order valence-corrected chi connectivity index (χ3v) is 4.81. The van der Waals surface area contributed by atoms with Crippen molar-refractivity contribution in [3.05, 3.63) is 65.0 Å². The highest BCUT2D eigenvalue weighted by Gasteiger charge is 2.19. The van der Waals surface area contributed by atoms with Crippen LogP contribution in [0.25, 0.3) is 22.5 Å². The molecule has 0 saturated heterocycles.